The quantitative estimate of drug-likeness (QED) is 0.452. The lowest BCUT2D eigenvalue weighted by atomic mass is 9.93. The maximum Gasteiger partial charge on any atom is 0.415 e. The number of carbonyl (C=O) groups is 4. The highest BCUT2D eigenvalue weighted by atomic mass is 16.6. The molecule has 3 amide bonds. The van der Waals surface area contributed by atoms with Gasteiger partial charge in [-0.2, -0.15) is 0 Å². The zero-order valence-corrected chi connectivity index (χ0v) is 24.4. The summed E-state index contributed by atoms with van der Waals surface area (Å²) in [5, 5.41) is 10.2. The molecule has 3 heterocycles. The van der Waals surface area contributed by atoms with Crippen LogP contribution in [0.5, 0.6) is 0 Å². The molecule has 9 nitrogen and oxygen atoms in total. The summed E-state index contributed by atoms with van der Waals surface area (Å²) in [6.07, 6.45) is 3.37. The standard InChI is InChI=1S/C35H35N3O6/c39-32(36-21-25-13-5-4-11-23(25)19-31(36)34(41)42)29-18-17-28(22-9-2-1-3-10-22)37(29)33(40)30-20-24-12-6-7-16-27(24)38(30)35(43)44-26-14-8-15-26/h1-7,9-13,16,26,28-31H,8,14-15,17-21H2,(H,41,42)/t28-,29+,30+,31?/m0/s1. The molecule has 3 aromatic carbocycles. The molecule has 44 heavy (non-hydrogen) atoms. The topological polar surface area (TPSA) is 107 Å². The maximum absolute atomic E-state index is 14.8. The summed E-state index contributed by atoms with van der Waals surface area (Å²) in [5.41, 5.74) is 4.23. The maximum atomic E-state index is 14.8. The molecule has 0 spiro atoms. The molecule has 7 rings (SSSR count). The molecule has 2 fully saturated rings. The molecule has 4 aliphatic rings. The minimum absolute atomic E-state index is 0.154. The van der Waals surface area contributed by atoms with E-state index in [0.29, 0.717) is 24.9 Å². The first-order chi connectivity index (χ1) is 21.4. The van der Waals surface area contributed by atoms with E-state index in [1.165, 1.54) is 9.80 Å². The van der Waals surface area contributed by atoms with Crippen molar-refractivity contribution in [3.63, 3.8) is 0 Å². The van der Waals surface area contributed by atoms with E-state index in [1.807, 2.05) is 78.9 Å². The highest BCUT2D eigenvalue weighted by Gasteiger charge is 2.50. The molecule has 4 atom stereocenters. The van der Waals surface area contributed by atoms with E-state index in [4.69, 9.17) is 4.74 Å². The first-order valence-electron chi connectivity index (χ1n) is 15.5. The normalized spacial score (nSPS) is 24.3. The molecule has 1 aliphatic carbocycles. The zero-order chi connectivity index (χ0) is 30.4. The number of rotatable bonds is 5. The van der Waals surface area contributed by atoms with Crippen molar-refractivity contribution in [1.82, 2.24) is 9.80 Å². The van der Waals surface area contributed by atoms with Crippen molar-refractivity contribution in [2.75, 3.05) is 4.90 Å². The van der Waals surface area contributed by atoms with Gasteiger partial charge in [-0.25, -0.2) is 9.59 Å². The van der Waals surface area contributed by atoms with Crippen molar-refractivity contribution >= 4 is 29.6 Å². The Kier molecular flexibility index (Phi) is 7.32. The van der Waals surface area contributed by atoms with Crippen LogP contribution < -0.4 is 4.90 Å². The summed E-state index contributed by atoms with van der Waals surface area (Å²) >= 11 is 0. The summed E-state index contributed by atoms with van der Waals surface area (Å²) in [6, 6.07) is 21.5. The number of hydrogen-bond donors (Lipinski definition) is 1. The van der Waals surface area contributed by atoms with E-state index < -0.39 is 36.2 Å². The molecular weight excluding hydrogens is 558 g/mol. The van der Waals surface area contributed by atoms with Crippen LogP contribution in [0.4, 0.5) is 10.5 Å². The largest absolute Gasteiger partial charge is 0.480 e. The minimum atomic E-state index is -1.07. The third-order valence-corrected chi connectivity index (χ3v) is 9.70. The highest BCUT2D eigenvalue weighted by molar-refractivity contribution is 6.02. The van der Waals surface area contributed by atoms with E-state index in [0.717, 1.165) is 41.5 Å². The first kappa shape index (κ1) is 28.1. The number of anilines is 1. The van der Waals surface area contributed by atoms with Crippen molar-refractivity contribution in [2.45, 2.75) is 81.8 Å². The fourth-order valence-electron chi connectivity index (χ4n) is 7.20. The second kappa shape index (κ2) is 11.4. The number of carboxylic acids is 1. The van der Waals surface area contributed by atoms with Crippen LogP contribution in [0.3, 0.4) is 0 Å². The van der Waals surface area contributed by atoms with Gasteiger partial charge >= 0.3 is 12.1 Å². The van der Waals surface area contributed by atoms with Gasteiger partial charge in [-0.3, -0.25) is 14.5 Å². The molecule has 226 valence electrons. The van der Waals surface area contributed by atoms with Gasteiger partial charge in [-0.15, -0.1) is 0 Å². The van der Waals surface area contributed by atoms with Crippen LogP contribution in [-0.4, -0.2) is 63.0 Å². The number of hydrogen-bond acceptors (Lipinski definition) is 5. The predicted molar refractivity (Wildman–Crippen MR) is 162 cm³/mol. The summed E-state index contributed by atoms with van der Waals surface area (Å²) in [5.74, 6) is -1.78. The second-order valence-corrected chi connectivity index (χ2v) is 12.2. The Balaban J connectivity index is 1.24. The van der Waals surface area contributed by atoms with E-state index in [1.54, 1.807) is 4.90 Å². The molecule has 3 aromatic rings. The summed E-state index contributed by atoms with van der Waals surface area (Å²) in [4.78, 5) is 59.8. The molecule has 1 saturated heterocycles. The van der Waals surface area contributed by atoms with Crippen molar-refractivity contribution < 1.29 is 29.0 Å². The lowest BCUT2D eigenvalue weighted by Crippen LogP contribution is -2.58. The van der Waals surface area contributed by atoms with Crippen molar-refractivity contribution in [3.8, 4) is 0 Å². The van der Waals surface area contributed by atoms with E-state index in [-0.39, 0.29) is 30.9 Å². The molecular formula is C35H35N3O6. The molecule has 0 bridgehead atoms. The third kappa shape index (κ3) is 4.90. The Morgan fingerprint density at radius 2 is 1.34 bits per heavy atom. The van der Waals surface area contributed by atoms with E-state index >= 15 is 0 Å². The fourth-order valence-corrected chi connectivity index (χ4v) is 7.20. The number of aliphatic carboxylic acids is 1. The van der Waals surface area contributed by atoms with Gasteiger partial charge in [-0.05, 0) is 60.4 Å². The smallest absolute Gasteiger partial charge is 0.415 e. The number of fused-ring (bicyclic) bond motifs is 2. The SMILES string of the molecule is O=C(O)C1Cc2ccccc2CN1C(=O)[C@H]1CC[C@@H](c2ccccc2)N1C(=O)[C@H]1Cc2ccccc2N1C(=O)OC1CCC1. The third-order valence-electron chi connectivity index (χ3n) is 9.70. The fraction of sp³-hybridized carbons (Fsp3) is 0.371. The molecule has 9 heteroatoms. The Morgan fingerprint density at radius 1 is 0.682 bits per heavy atom. The Labute approximate surface area is 256 Å². The molecule has 3 aliphatic heterocycles. The number of nitrogens with zero attached hydrogens (tertiary/aromatic N) is 3. The number of amides is 3. The first-order valence-corrected chi connectivity index (χ1v) is 15.5. The Hall–Kier alpha value is -4.66. The highest BCUT2D eigenvalue weighted by Crippen LogP contribution is 2.42. The molecule has 0 radical (unpaired) electrons. The van der Waals surface area contributed by atoms with Crippen LogP contribution in [0.2, 0.25) is 0 Å². The monoisotopic (exact) mass is 593 g/mol. The summed E-state index contributed by atoms with van der Waals surface area (Å²) in [6.45, 7) is 0.162. The van der Waals surface area contributed by atoms with Gasteiger partial charge < -0.3 is 19.6 Å². The van der Waals surface area contributed by atoms with Crippen molar-refractivity contribution in [1.29, 1.82) is 0 Å². The van der Waals surface area contributed by atoms with Gasteiger partial charge in [-0.1, -0.05) is 72.8 Å². The minimum Gasteiger partial charge on any atom is -0.480 e. The van der Waals surface area contributed by atoms with Gasteiger partial charge in [0.25, 0.3) is 0 Å². The predicted octanol–water partition coefficient (Wildman–Crippen LogP) is 4.88. The average Bonchev–Trinajstić information content (AvgIpc) is 3.64. The van der Waals surface area contributed by atoms with Crippen LogP contribution >= 0.6 is 0 Å². The van der Waals surface area contributed by atoms with Crippen LogP contribution in [0.1, 0.15) is 60.4 Å². The number of carboxylic acid groups (broad SMARTS) is 1. The van der Waals surface area contributed by atoms with Crippen LogP contribution in [-0.2, 0) is 38.5 Å². The molecule has 1 N–H and O–H groups in total. The van der Waals surface area contributed by atoms with Gasteiger partial charge in [0.2, 0.25) is 11.8 Å². The van der Waals surface area contributed by atoms with Crippen molar-refractivity contribution in [2.24, 2.45) is 0 Å². The van der Waals surface area contributed by atoms with Gasteiger partial charge in [0.15, 0.2) is 0 Å². The molecule has 0 aromatic heterocycles. The summed E-state index contributed by atoms with van der Waals surface area (Å²) in [7, 11) is 0. The lowest BCUT2D eigenvalue weighted by molar-refractivity contribution is -0.155. The van der Waals surface area contributed by atoms with Gasteiger partial charge in [0.05, 0.1) is 11.7 Å². The van der Waals surface area contributed by atoms with E-state index in [2.05, 4.69) is 0 Å². The Morgan fingerprint density at radius 3 is 2.05 bits per heavy atom. The van der Waals surface area contributed by atoms with Crippen LogP contribution in [0, 0.1) is 0 Å². The molecule has 1 unspecified atom stereocenters. The number of carbonyl (C=O) groups excluding carboxylic acids is 3. The lowest BCUT2D eigenvalue weighted by Gasteiger charge is -2.40. The Bertz CT molecular complexity index is 1600. The van der Waals surface area contributed by atoms with Gasteiger partial charge in [0.1, 0.15) is 24.2 Å². The van der Waals surface area contributed by atoms with Crippen LogP contribution in [0.15, 0.2) is 78.9 Å². The molecule has 1 saturated carbocycles. The van der Waals surface area contributed by atoms with E-state index in [9.17, 15) is 24.3 Å². The average molecular weight is 594 g/mol. The summed E-state index contributed by atoms with van der Waals surface area (Å²) < 4.78 is 5.80. The zero-order valence-electron chi connectivity index (χ0n) is 24.4. The number of para-hydroxylation sites is 1. The number of benzene rings is 3. The number of likely N-dealkylation sites (tertiary alicyclic amines) is 1. The van der Waals surface area contributed by atoms with Crippen LogP contribution in [0.25, 0.3) is 0 Å². The second-order valence-electron chi connectivity index (χ2n) is 12.2. The van der Waals surface area contributed by atoms with Gasteiger partial charge in [0, 0.05) is 19.4 Å². The van der Waals surface area contributed by atoms with Crippen molar-refractivity contribution in [3.05, 3.63) is 101 Å². The number of ether oxygens (including phenoxy) is 1.